The zero-order valence-electron chi connectivity index (χ0n) is 10.6. The van der Waals surface area contributed by atoms with Crippen LogP contribution in [0.2, 0.25) is 0 Å². The second-order valence-corrected chi connectivity index (χ2v) is 4.23. The molecule has 1 heterocycles. The van der Waals surface area contributed by atoms with Gasteiger partial charge in [-0.05, 0) is 31.2 Å². The van der Waals surface area contributed by atoms with Crippen molar-refractivity contribution in [2.75, 3.05) is 5.32 Å². The number of amides is 1. The summed E-state index contributed by atoms with van der Waals surface area (Å²) < 4.78 is 39.1. The Morgan fingerprint density at radius 2 is 2.10 bits per heavy atom. The van der Waals surface area contributed by atoms with Gasteiger partial charge in [-0.2, -0.15) is 18.3 Å². The molecule has 1 atom stereocenters. The highest BCUT2D eigenvalue weighted by atomic mass is 19.4. The van der Waals surface area contributed by atoms with Gasteiger partial charge >= 0.3 is 6.18 Å². The third-order valence-corrected chi connectivity index (χ3v) is 2.76. The fourth-order valence-corrected chi connectivity index (χ4v) is 1.65. The predicted molar refractivity (Wildman–Crippen MR) is 67.0 cm³/mol. The van der Waals surface area contributed by atoms with Crippen molar-refractivity contribution in [1.82, 2.24) is 9.78 Å². The number of nitrogens with zero attached hydrogens (tertiary/aromatic N) is 2. The molecule has 20 heavy (non-hydrogen) atoms. The molecule has 1 amide bonds. The molecule has 7 heteroatoms. The van der Waals surface area contributed by atoms with Crippen LogP contribution in [0.3, 0.4) is 0 Å². The Hall–Kier alpha value is -2.31. The average Bonchev–Trinajstić information content (AvgIpc) is 2.91. The van der Waals surface area contributed by atoms with Crippen molar-refractivity contribution in [1.29, 1.82) is 0 Å². The Morgan fingerprint density at radius 3 is 2.70 bits per heavy atom. The number of benzene rings is 1. The van der Waals surface area contributed by atoms with E-state index in [1.807, 2.05) is 0 Å². The van der Waals surface area contributed by atoms with Gasteiger partial charge in [0, 0.05) is 18.1 Å². The fourth-order valence-electron chi connectivity index (χ4n) is 1.65. The van der Waals surface area contributed by atoms with Crippen molar-refractivity contribution in [3.8, 4) is 0 Å². The van der Waals surface area contributed by atoms with Crippen molar-refractivity contribution >= 4 is 11.6 Å². The molecule has 0 unspecified atom stereocenters. The third kappa shape index (κ3) is 3.17. The minimum absolute atomic E-state index is 0.101. The van der Waals surface area contributed by atoms with Crippen LogP contribution < -0.4 is 5.32 Å². The van der Waals surface area contributed by atoms with Gasteiger partial charge in [-0.25, -0.2) is 0 Å². The normalized spacial score (nSPS) is 13.0. The van der Waals surface area contributed by atoms with E-state index in [9.17, 15) is 18.0 Å². The maximum atomic E-state index is 12.6. The van der Waals surface area contributed by atoms with Crippen LogP contribution in [-0.4, -0.2) is 15.7 Å². The van der Waals surface area contributed by atoms with Crippen LogP contribution in [0.5, 0.6) is 0 Å². The highest BCUT2D eigenvalue weighted by Crippen LogP contribution is 2.30. The number of alkyl halides is 3. The van der Waals surface area contributed by atoms with Crippen LogP contribution in [0.25, 0.3) is 0 Å². The maximum Gasteiger partial charge on any atom is 0.416 e. The molecule has 106 valence electrons. The number of carbonyl (C=O) groups is 1. The summed E-state index contributed by atoms with van der Waals surface area (Å²) in [6.45, 7) is 1.61. The Labute approximate surface area is 113 Å². The monoisotopic (exact) mass is 283 g/mol. The van der Waals surface area contributed by atoms with Gasteiger partial charge < -0.3 is 5.32 Å². The van der Waals surface area contributed by atoms with Crippen LogP contribution in [0, 0.1) is 0 Å². The first-order valence-corrected chi connectivity index (χ1v) is 5.85. The molecule has 0 saturated carbocycles. The Kier molecular flexibility index (Phi) is 3.78. The van der Waals surface area contributed by atoms with Crippen LogP contribution in [0.15, 0.2) is 42.7 Å². The molecule has 4 nitrogen and oxygen atoms in total. The first-order chi connectivity index (χ1) is 9.38. The number of rotatable bonds is 3. The van der Waals surface area contributed by atoms with E-state index in [1.54, 1.807) is 19.2 Å². The third-order valence-electron chi connectivity index (χ3n) is 2.76. The molecular formula is C13H12F3N3O. The lowest BCUT2D eigenvalue weighted by Gasteiger charge is -2.14. The van der Waals surface area contributed by atoms with Gasteiger partial charge in [0.25, 0.3) is 0 Å². The van der Waals surface area contributed by atoms with Crippen LogP contribution in [-0.2, 0) is 11.0 Å². The molecule has 0 radical (unpaired) electrons. The molecule has 0 bridgehead atoms. The number of carbonyl (C=O) groups excluding carboxylic acids is 1. The van der Waals surface area contributed by atoms with Crippen molar-refractivity contribution in [2.24, 2.45) is 0 Å². The summed E-state index contributed by atoms with van der Waals surface area (Å²) in [5, 5.41) is 6.35. The molecule has 1 aromatic carbocycles. The summed E-state index contributed by atoms with van der Waals surface area (Å²) in [4.78, 5) is 11.9. The molecule has 0 saturated heterocycles. The number of aromatic nitrogens is 2. The zero-order valence-corrected chi connectivity index (χ0v) is 10.6. The van der Waals surface area contributed by atoms with E-state index in [-0.39, 0.29) is 5.69 Å². The lowest BCUT2D eigenvalue weighted by Crippen LogP contribution is -2.24. The summed E-state index contributed by atoms with van der Waals surface area (Å²) >= 11 is 0. The van der Waals surface area contributed by atoms with E-state index < -0.39 is 23.7 Å². The Morgan fingerprint density at radius 1 is 1.35 bits per heavy atom. The van der Waals surface area contributed by atoms with E-state index >= 15 is 0 Å². The van der Waals surface area contributed by atoms with Crippen LogP contribution in [0.1, 0.15) is 18.5 Å². The molecule has 1 aromatic heterocycles. The SMILES string of the molecule is C[C@@H](C(=O)Nc1cccc(C(F)(F)F)c1)n1cccn1. The molecule has 0 aliphatic heterocycles. The van der Waals surface area contributed by atoms with E-state index in [1.165, 1.54) is 23.0 Å². The van der Waals surface area contributed by atoms with Gasteiger partial charge in [-0.3, -0.25) is 9.48 Å². The molecule has 0 aliphatic carbocycles. The summed E-state index contributed by atoms with van der Waals surface area (Å²) in [5.41, 5.74) is -0.703. The molecular weight excluding hydrogens is 271 g/mol. The highest BCUT2D eigenvalue weighted by Gasteiger charge is 2.30. The van der Waals surface area contributed by atoms with Crippen molar-refractivity contribution in [3.63, 3.8) is 0 Å². The second-order valence-electron chi connectivity index (χ2n) is 4.23. The topological polar surface area (TPSA) is 46.9 Å². The molecule has 2 aromatic rings. The number of halogens is 3. The van der Waals surface area contributed by atoms with Gasteiger partial charge in [0.2, 0.25) is 5.91 Å². The van der Waals surface area contributed by atoms with E-state index in [0.717, 1.165) is 12.1 Å². The smallest absolute Gasteiger partial charge is 0.324 e. The Balaban J connectivity index is 2.12. The van der Waals surface area contributed by atoms with E-state index in [4.69, 9.17) is 0 Å². The first kappa shape index (κ1) is 14.1. The van der Waals surface area contributed by atoms with Gasteiger partial charge in [-0.15, -0.1) is 0 Å². The number of hydrogen-bond acceptors (Lipinski definition) is 2. The maximum absolute atomic E-state index is 12.6. The number of hydrogen-bond donors (Lipinski definition) is 1. The highest BCUT2D eigenvalue weighted by molar-refractivity contribution is 5.93. The number of nitrogens with one attached hydrogen (secondary N) is 1. The summed E-state index contributed by atoms with van der Waals surface area (Å²) in [7, 11) is 0. The molecule has 1 N–H and O–H groups in total. The molecule has 0 spiro atoms. The quantitative estimate of drug-likeness (QED) is 0.940. The number of anilines is 1. The van der Waals surface area contributed by atoms with Crippen LogP contribution in [0.4, 0.5) is 18.9 Å². The van der Waals surface area contributed by atoms with Crippen LogP contribution >= 0.6 is 0 Å². The van der Waals surface area contributed by atoms with E-state index in [0.29, 0.717) is 0 Å². The Bertz CT molecular complexity index is 593. The first-order valence-electron chi connectivity index (χ1n) is 5.85. The predicted octanol–water partition coefficient (Wildman–Crippen LogP) is 3.10. The van der Waals surface area contributed by atoms with Crippen molar-refractivity contribution in [3.05, 3.63) is 48.3 Å². The summed E-state index contributed by atoms with van der Waals surface area (Å²) in [6, 6.07) is 5.55. The summed E-state index contributed by atoms with van der Waals surface area (Å²) in [6.07, 6.45) is -1.31. The van der Waals surface area contributed by atoms with Crippen molar-refractivity contribution in [2.45, 2.75) is 19.1 Å². The fraction of sp³-hybridized carbons (Fsp3) is 0.231. The van der Waals surface area contributed by atoms with E-state index in [2.05, 4.69) is 10.4 Å². The lowest BCUT2D eigenvalue weighted by molar-refractivity contribution is -0.137. The van der Waals surface area contributed by atoms with Gasteiger partial charge in [-0.1, -0.05) is 6.07 Å². The lowest BCUT2D eigenvalue weighted by atomic mass is 10.2. The molecule has 0 aliphatic rings. The van der Waals surface area contributed by atoms with Gasteiger partial charge in [0.1, 0.15) is 6.04 Å². The van der Waals surface area contributed by atoms with Gasteiger partial charge in [0.05, 0.1) is 5.56 Å². The largest absolute Gasteiger partial charge is 0.416 e. The minimum Gasteiger partial charge on any atom is -0.324 e. The zero-order chi connectivity index (χ0) is 14.8. The average molecular weight is 283 g/mol. The molecule has 2 rings (SSSR count). The molecule has 0 fully saturated rings. The second kappa shape index (κ2) is 5.36. The standard InChI is InChI=1S/C13H12F3N3O/c1-9(19-7-3-6-17-19)12(20)18-11-5-2-4-10(8-11)13(14,15)16/h2-9H,1H3,(H,18,20)/t9-/m0/s1. The summed E-state index contributed by atoms with van der Waals surface area (Å²) in [5.74, 6) is -0.437. The minimum atomic E-state index is -4.44. The van der Waals surface area contributed by atoms with Gasteiger partial charge in [0.15, 0.2) is 0 Å². The van der Waals surface area contributed by atoms with Crippen molar-refractivity contribution < 1.29 is 18.0 Å².